The molecular formula is C14H17NO4. The molecule has 1 fully saturated rings. The number of aromatic hydroxyl groups is 1. The van der Waals surface area contributed by atoms with Gasteiger partial charge in [0.1, 0.15) is 5.75 Å². The molecule has 0 bridgehead atoms. The molecule has 0 saturated carbocycles. The smallest absolute Gasteiger partial charge is 0.310 e. The Balaban J connectivity index is 1.91. The van der Waals surface area contributed by atoms with Crippen molar-refractivity contribution in [2.75, 3.05) is 20.2 Å². The lowest BCUT2D eigenvalue weighted by Crippen LogP contribution is -2.31. The third kappa shape index (κ3) is 3.24. The summed E-state index contributed by atoms with van der Waals surface area (Å²) in [4.78, 5) is 25.1. The Labute approximate surface area is 111 Å². The number of carbonyl (C=O) groups excluding carboxylic acids is 2. The van der Waals surface area contributed by atoms with E-state index >= 15 is 0 Å². The maximum atomic E-state index is 12.1. The van der Waals surface area contributed by atoms with E-state index in [0.717, 1.165) is 5.56 Å². The number of ether oxygens (including phenoxy) is 1. The molecule has 1 atom stereocenters. The van der Waals surface area contributed by atoms with E-state index in [0.29, 0.717) is 19.5 Å². The highest BCUT2D eigenvalue weighted by Crippen LogP contribution is 2.19. The number of amides is 1. The molecule has 102 valence electrons. The molecule has 0 radical (unpaired) electrons. The SMILES string of the molecule is COC(=O)C1CCN(C(=O)Cc2ccc(O)cc2)C1. The summed E-state index contributed by atoms with van der Waals surface area (Å²) in [6.45, 7) is 1.03. The van der Waals surface area contributed by atoms with Gasteiger partial charge < -0.3 is 14.7 Å². The van der Waals surface area contributed by atoms with Crippen LogP contribution in [0.1, 0.15) is 12.0 Å². The molecule has 0 aromatic heterocycles. The van der Waals surface area contributed by atoms with Crippen LogP contribution in [0.15, 0.2) is 24.3 Å². The minimum atomic E-state index is -0.250. The van der Waals surface area contributed by atoms with Crippen LogP contribution in [0, 0.1) is 5.92 Å². The Morgan fingerprint density at radius 2 is 2.05 bits per heavy atom. The van der Waals surface area contributed by atoms with Gasteiger partial charge in [0, 0.05) is 13.1 Å². The summed E-state index contributed by atoms with van der Waals surface area (Å²) in [5, 5.41) is 9.18. The van der Waals surface area contributed by atoms with Crippen LogP contribution in [0.2, 0.25) is 0 Å². The number of hydrogen-bond donors (Lipinski definition) is 1. The second kappa shape index (κ2) is 5.73. The van der Waals surface area contributed by atoms with E-state index < -0.39 is 0 Å². The van der Waals surface area contributed by atoms with E-state index in [1.54, 1.807) is 29.2 Å². The topological polar surface area (TPSA) is 66.8 Å². The van der Waals surface area contributed by atoms with Crippen molar-refractivity contribution in [1.82, 2.24) is 4.90 Å². The molecule has 1 aromatic carbocycles. The first-order valence-electron chi connectivity index (χ1n) is 6.23. The minimum Gasteiger partial charge on any atom is -0.508 e. The number of hydrogen-bond acceptors (Lipinski definition) is 4. The van der Waals surface area contributed by atoms with Crippen molar-refractivity contribution >= 4 is 11.9 Å². The Kier molecular flexibility index (Phi) is 4.04. The highest BCUT2D eigenvalue weighted by molar-refractivity contribution is 5.81. The van der Waals surface area contributed by atoms with Crippen molar-refractivity contribution in [3.63, 3.8) is 0 Å². The highest BCUT2D eigenvalue weighted by Gasteiger charge is 2.31. The molecule has 1 aliphatic rings. The van der Waals surface area contributed by atoms with Gasteiger partial charge in [-0.15, -0.1) is 0 Å². The molecule has 19 heavy (non-hydrogen) atoms. The normalized spacial score (nSPS) is 18.4. The molecule has 1 amide bonds. The van der Waals surface area contributed by atoms with Gasteiger partial charge in [0.05, 0.1) is 19.4 Å². The Morgan fingerprint density at radius 3 is 2.68 bits per heavy atom. The second-order valence-corrected chi connectivity index (χ2v) is 4.69. The van der Waals surface area contributed by atoms with Crippen LogP contribution >= 0.6 is 0 Å². The van der Waals surface area contributed by atoms with Crippen molar-refractivity contribution in [3.8, 4) is 5.75 Å². The lowest BCUT2D eigenvalue weighted by atomic mass is 10.1. The van der Waals surface area contributed by atoms with Crippen molar-refractivity contribution in [3.05, 3.63) is 29.8 Å². The van der Waals surface area contributed by atoms with Gasteiger partial charge in [0.25, 0.3) is 0 Å². The average Bonchev–Trinajstić information content (AvgIpc) is 2.90. The number of rotatable bonds is 3. The van der Waals surface area contributed by atoms with E-state index in [9.17, 15) is 14.7 Å². The summed E-state index contributed by atoms with van der Waals surface area (Å²) in [5.74, 6) is -0.270. The maximum Gasteiger partial charge on any atom is 0.310 e. The minimum absolute atomic E-state index is 0.00269. The molecule has 2 rings (SSSR count). The zero-order chi connectivity index (χ0) is 13.8. The first-order chi connectivity index (χ1) is 9.10. The fraction of sp³-hybridized carbons (Fsp3) is 0.429. The molecule has 1 unspecified atom stereocenters. The number of carbonyl (C=O) groups is 2. The summed E-state index contributed by atoms with van der Waals surface area (Å²) >= 11 is 0. The quantitative estimate of drug-likeness (QED) is 0.825. The van der Waals surface area contributed by atoms with Crippen LogP contribution in [0.3, 0.4) is 0 Å². The number of nitrogens with zero attached hydrogens (tertiary/aromatic N) is 1. The number of likely N-dealkylation sites (tertiary alicyclic amines) is 1. The van der Waals surface area contributed by atoms with Gasteiger partial charge in [-0.25, -0.2) is 0 Å². The van der Waals surface area contributed by atoms with Gasteiger partial charge >= 0.3 is 5.97 Å². The summed E-state index contributed by atoms with van der Waals surface area (Å²) in [7, 11) is 1.36. The van der Waals surface area contributed by atoms with Gasteiger partial charge in [-0.2, -0.15) is 0 Å². The fourth-order valence-corrected chi connectivity index (χ4v) is 2.25. The molecule has 1 aromatic rings. The Bertz CT molecular complexity index is 469. The molecule has 0 aliphatic carbocycles. The van der Waals surface area contributed by atoms with E-state index in [1.165, 1.54) is 7.11 Å². The van der Waals surface area contributed by atoms with Crippen LogP contribution in [0.25, 0.3) is 0 Å². The number of phenols is 1. The van der Waals surface area contributed by atoms with Gasteiger partial charge in [0.2, 0.25) is 5.91 Å². The lowest BCUT2D eigenvalue weighted by molar-refractivity contribution is -0.145. The van der Waals surface area contributed by atoms with Crippen molar-refractivity contribution < 1.29 is 19.4 Å². The lowest BCUT2D eigenvalue weighted by Gasteiger charge is -2.16. The van der Waals surface area contributed by atoms with Gasteiger partial charge in [-0.05, 0) is 24.1 Å². The number of benzene rings is 1. The summed E-state index contributed by atoms with van der Waals surface area (Å²) in [5.41, 5.74) is 0.851. The van der Waals surface area contributed by atoms with Gasteiger partial charge in [-0.1, -0.05) is 12.1 Å². The number of esters is 1. The van der Waals surface area contributed by atoms with Crippen LogP contribution < -0.4 is 0 Å². The van der Waals surface area contributed by atoms with Crippen LogP contribution in [-0.2, 0) is 20.7 Å². The zero-order valence-electron chi connectivity index (χ0n) is 10.8. The maximum absolute atomic E-state index is 12.1. The van der Waals surface area contributed by atoms with Crippen molar-refractivity contribution in [2.45, 2.75) is 12.8 Å². The van der Waals surface area contributed by atoms with Gasteiger partial charge in [0.15, 0.2) is 0 Å². The van der Waals surface area contributed by atoms with E-state index in [1.807, 2.05) is 0 Å². The Hall–Kier alpha value is -2.04. The van der Waals surface area contributed by atoms with Gasteiger partial charge in [-0.3, -0.25) is 9.59 Å². The number of phenolic OH excluding ortho intramolecular Hbond substituents is 1. The molecule has 5 nitrogen and oxygen atoms in total. The predicted octanol–water partition coefficient (Wildman–Crippen LogP) is 0.956. The summed E-state index contributed by atoms with van der Waals surface area (Å²) < 4.78 is 4.69. The largest absolute Gasteiger partial charge is 0.508 e. The van der Waals surface area contributed by atoms with E-state index in [2.05, 4.69) is 4.74 Å². The molecule has 1 heterocycles. The molecule has 1 aliphatic heterocycles. The summed E-state index contributed by atoms with van der Waals surface area (Å²) in [6.07, 6.45) is 0.947. The van der Waals surface area contributed by atoms with Crippen LogP contribution in [0.5, 0.6) is 5.75 Å². The first kappa shape index (κ1) is 13.4. The standard InChI is InChI=1S/C14H17NO4/c1-19-14(18)11-6-7-15(9-11)13(17)8-10-2-4-12(16)5-3-10/h2-5,11,16H,6-9H2,1H3. The third-order valence-electron chi connectivity index (χ3n) is 3.37. The molecular weight excluding hydrogens is 246 g/mol. The van der Waals surface area contributed by atoms with Crippen LogP contribution in [0.4, 0.5) is 0 Å². The predicted molar refractivity (Wildman–Crippen MR) is 68.5 cm³/mol. The number of methoxy groups -OCH3 is 1. The Morgan fingerprint density at radius 1 is 1.37 bits per heavy atom. The average molecular weight is 263 g/mol. The zero-order valence-corrected chi connectivity index (χ0v) is 10.8. The molecule has 5 heteroatoms. The monoisotopic (exact) mass is 263 g/mol. The van der Waals surface area contributed by atoms with E-state index in [4.69, 9.17) is 0 Å². The second-order valence-electron chi connectivity index (χ2n) is 4.69. The van der Waals surface area contributed by atoms with Crippen molar-refractivity contribution in [2.24, 2.45) is 5.92 Å². The molecule has 1 N–H and O–H groups in total. The van der Waals surface area contributed by atoms with E-state index in [-0.39, 0.29) is 30.0 Å². The summed E-state index contributed by atoms with van der Waals surface area (Å²) in [6, 6.07) is 6.57. The molecule has 1 saturated heterocycles. The fourth-order valence-electron chi connectivity index (χ4n) is 2.25. The molecule has 0 spiro atoms. The highest BCUT2D eigenvalue weighted by atomic mass is 16.5. The van der Waals surface area contributed by atoms with Crippen LogP contribution in [-0.4, -0.2) is 42.1 Å². The van der Waals surface area contributed by atoms with Crippen molar-refractivity contribution in [1.29, 1.82) is 0 Å². The first-order valence-corrected chi connectivity index (χ1v) is 6.23. The third-order valence-corrected chi connectivity index (χ3v) is 3.37.